The molecule has 1 N–H and O–H groups in total. The van der Waals surface area contributed by atoms with Gasteiger partial charge < -0.3 is 14.8 Å². The number of fused-ring (bicyclic) bond motifs is 2. The van der Waals surface area contributed by atoms with Crippen LogP contribution in [0.15, 0.2) is 34.8 Å². The Morgan fingerprint density at radius 3 is 2.76 bits per heavy atom. The molecule has 0 radical (unpaired) electrons. The third kappa shape index (κ3) is 2.93. The number of halogens is 1. The summed E-state index contributed by atoms with van der Waals surface area (Å²) in [5, 5.41) is 11.0. The number of aromatic nitrogens is 3. The van der Waals surface area contributed by atoms with Crippen LogP contribution < -0.4 is 14.8 Å². The number of amides is 1. The van der Waals surface area contributed by atoms with Crippen molar-refractivity contribution in [3.05, 3.63) is 40.4 Å². The highest BCUT2D eigenvalue weighted by Gasteiger charge is 2.17. The fourth-order valence-electron chi connectivity index (χ4n) is 2.70. The van der Waals surface area contributed by atoms with Gasteiger partial charge in [0.15, 0.2) is 11.5 Å². The smallest absolute Gasteiger partial charge is 0.255 e. The summed E-state index contributed by atoms with van der Waals surface area (Å²) < 4.78 is 13.6. The molecule has 1 amide bonds. The number of anilines is 1. The van der Waals surface area contributed by atoms with Crippen molar-refractivity contribution in [1.82, 2.24) is 15.0 Å². The molecule has 8 heteroatoms. The summed E-state index contributed by atoms with van der Waals surface area (Å²) in [6.07, 6.45) is 0. The number of carbonyl (C=O) groups excluding carboxylic acids is 1. The normalized spacial score (nSPS) is 13.0. The zero-order chi connectivity index (χ0) is 17.4. The van der Waals surface area contributed by atoms with Crippen LogP contribution in [0, 0.1) is 0 Å². The van der Waals surface area contributed by atoms with Gasteiger partial charge in [-0.05, 0) is 41.1 Å². The van der Waals surface area contributed by atoms with E-state index in [1.165, 1.54) is 0 Å². The van der Waals surface area contributed by atoms with Crippen LogP contribution in [0.3, 0.4) is 0 Å². The van der Waals surface area contributed by atoms with Crippen LogP contribution in [-0.4, -0.2) is 34.1 Å². The first kappa shape index (κ1) is 15.9. The van der Waals surface area contributed by atoms with Crippen LogP contribution in [0.1, 0.15) is 17.3 Å². The molecule has 1 aliphatic rings. The van der Waals surface area contributed by atoms with Gasteiger partial charge in [-0.3, -0.25) is 4.79 Å². The average molecular weight is 403 g/mol. The SMILES string of the molecule is CCn1nnc2cc(C(=O)Nc3cc4c(cc3Br)OCCO4)ccc21. The van der Waals surface area contributed by atoms with Gasteiger partial charge >= 0.3 is 0 Å². The van der Waals surface area contributed by atoms with E-state index in [-0.39, 0.29) is 5.91 Å². The fourth-order valence-corrected chi connectivity index (χ4v) is 3.12. The van der Waals surface area contributed by atoms with Crippen molar-refractivity contribution in [2.45, 2.75) is 13.5 Å². The topological polar surface area (TPSA) is 78.3 Å². The molecule has 3 aromatic rings. The van der Waals surface area contributed by atoms with Gasteiger partial charge in [0.2, 0.25) is 0 Å². The molecular weight excluding hydrogens is 388 g/mol. The van der Waals surface area contributed by atoms with Crippen molar-refractivity contribution in [3.63, 3.8) is 0 Å². The van der Waals surface area contributed by atoms with Crippen molar-refractivity contribution >= 4 is 38.6 Å². The number of rotatable bonds is 3. The van der Waals surface area contributed by atoms with Gasteiger partial charge in [0.1, 0.15) is 18.7 Å². The fraction of sp³-hybridized carbons (Fsp3) is 0.235. The lowest BCUT2D eigenvalue weighted by Crippen LogP contribution is -2.17. The highest BCUT2D eigenvalue weighted by molar-refractivity contribution is 9.10. The Hall–Kier alpha value is -2.61. The lowest BCUT2D eigenvalue weighted by Gasteiger charge is -2.20. The third-order valence-corrected chi connectivity index (χ3v) is 4.61. The summed E-state index contributed by atoms with van der Waals surface area (Å²) >= 11 is 3.45. The molecule has 1 aromatic heterocycles. The van der Waals surface area contributed by atoms with Crippen LogP contribution in [-0.2, 0) is 6.54 Å². The van der Waals surface area contributed by atoms with Crippen LogP contribution in [0.2, 0.25) is 0 Å². The Labute approximate surface area is 152 Å². The molecule has 7 nitrogen and oxygen atoms in total. The zero-order valence-electron chi connectivity index (χ0n) is 13.5. The molecule has 2 heterocycles. The van der Waals surface area contributed by atoms with Crippen molar-refractivity contribution in [2.24, 2.45) is 0 Å². The molecule has 25 heavy (non-hydrogen) atoms. The number of ether oxygens (including phenoxy) is 2. The lowest BCUT2D eigenvalue weighted by atomic mass is 10.1. The minimum absolute atomic E-state index is 0.231. The summed E-state index contributed by atoms with van der Waals surface area (Å²) in [6, 6.07) is 8.89. The average Bonchev–Trinajstić information content (AvgIpc) is 3.04. The lowest BCUT2D eigenvalue weighted by molar-refractivity contribution is 0.102. The Balaban J connectivity index is 1.61. The highest BCUT2D eigenvalue weighted by Crippen LogP contribution is 2.38. The number of hydrogen-bond acceptors (Lipinski definition) is 5. The van der Waals surface area contributed by atoms with Gasteiger partial charge in [0.05, 0.1) is 11.2 Å². The zero-order valence-corrected chi connectivity index (χ0v) is 15.0. The van der Waals surface area contributed by atoms with E-state index in [2.05, 4.69) is 31.6 Å². The molecule has 0 saturated carbocycles. The molecule has 128 valence electrons. The largest absolute Gasteiger partial charge is 0.486 e. The summed E-state index contributed by atoms with van der Waals surface area (Å²) in [5.74, 6) is 1.05. The van der Waals surface area contributed by atoms with Gasteiger partial charge in [-0.15, -0.1) is 5.10 Å². The first-order chi connectivity index (χ1) is 12.2. The van der Waals surface area contributed by atoms with Crippen LogP contribution in [0.5, 0.6) is 11.5 Å². The number of nitrogens with one attached hydrogen (secondary N) is 1. The van der Waals surface area contributed by atoms with Gasteiger partial charge in [0, 0.05) is 28.7 Å². The van der Waals surface area contributed by atoms with E-state index in [4.69, 9.17) is 9.47 Å². The second-order valence-corrected chi connectivity index (χ2v) is 6.39. The molecule has 0 fully saturated rings. The Bertz CT molecular complexity index is 970. The minimum atomic E-state index is -0.231. The Morgan fingerprint density at radius 2 is 2.00 bits per heavy atom. The maximum Gasteiger partial charge on any atom is 0.255 e. The maximum absolute atomic E-state index is 12.6. The number of benzene rings is 2. The molecule has 1 aliphatic heterocycles. The van der Waals surface area contributed by atoms with E-state index in [1.54, 1.807) is 28.9 Å². The predicted octanol–water partition coefficient (Wildman–Crippen LogP) is 3.24. The predicted molar refractivity (Wildman–Crippen MR) is 96.3 cm³/mol. The minimum Gasteiger partial charge on any atom is -0.486 e. The molecule has 0 spiro atoms. The molecule has 0 atom stereocenters. The molecule has 0 saturated heterocycles. The van der Waals surface area contributed by atoms with Crippen molar-refractivity contribution in [2.75, 3.05) is 18.5 Å². The monoisotopic (exact) mass is 402 g/mol. The third-order valence-electron chi connectivity index (χ3n) is 3.96. The summed E-state index contributed by atoms with van der Waals surface area (Å²) in [4.78, 5) is 12.6. The van der Waals surface area contributed by atoms with E-state index < -0.39 is 0 Å². The van der Waals surface area contributed by atoms with E-state index in [0.717, 1.165) is 16.5 Å². The van der Waals surface area contributed by atoms with Crippen molar-refractivity contribution in [3.8, 4) is 11.5 Å². The van der Waals surface area contributed by atoms with Crippen molar-refractivity contribution in [1.29, 1.82) is 0 Å². The second-order valence-electron chi connectivity index (χ2n) is 5.54. The first-order valence-electron chi connectivity index (χ1n) is 7.89. The molecule has 0 aliphatic carbocycles. The van der Waals surface area contributed by atoms with Crippen molar-refractivity contribution < 1.29 is 14.3 Å². The van der Waals surface area contributed by atoms with Gasteiger partial charge in [-0.2, -0.15) is 0 Å². The number of hydrogen-bond donors (Lipinski definition) is 1. The standard InChI is InChI=1S/C17H15BrN4O3/c1-2-22-14-4-3-10(7-13(14)20-21-22)17(23)19-12-9-16-15(8-11(12)18)24-5-6-25-16/h3-4,7-9H,2,5-6H2,1H3,(H,19,23). The number of nitrogens with zero attached hydrogens (tertiary/aromatic N) is 3. The van der Waals surface area contributed by atoms with E-state index >= 15 is 0 Å². The highest BCUT2D eigenvalue weighted by atomic mass is 79.9. The summed E-state index contributed by atoms with van der Waals surface area (Å²) in [6.45, 7) is 3.73. The quantitative estimate of drug-likeness (QED) is 0.727. The maximum atomic E-state index is 12.6. The van der Waals surface area contributed by atoms with Gasteiger partial charge in [0.25, 0.3) is 5.91 Å². The first-order valence-corrected chi connectivity index (χ1v) is 8.68. The summed E-state index contributed by atoms with van der Waals surface area (Å²) in [5.41, 5.74) is 2.72. The molecule has 0 unspecified atom stereocenters. The molecular formula is C17H15BrN4O3. The molecule has 2 aromatic carbocycles. The van der Waals surface area contributed by atoms with Crippen LogP contribution in [0.25, 0.3) is 11.0 Å². The van der Waals surface area contributed by atoms with Gasteiger partial charge in [-0.25, -0.2) is 4.68 Å². The molecule has 0 bridgehead atoms. The van der Waals surface area contributed by atoms with E-state index in [9.17, 15) is 4.79 Å². The number of carbonyl (C=O) groups is 1. The Kier molecular flexibility index (Phi) is 4.04. The molecule has 4 rings (SSSR count). The second kappa shape index (κ2) is 6.36. The van der Waals surface area contributed by atoms with E-state index in [1.807, 2.05) is 13.0 Å². The van der Waals surface area contributed by atoms with Gasteiger partial charge in [-0.1, -0.05) is 5.21 Å². The van der Waals surface area contributed by atoms with Crippen LogP contribution >= 0.6 is 15.9 Å². The van der Waals surface area contributed by atoms with E-state index in [0.29, 0.717) is 41.5 Å². The number of aryl methyl sites for hydroxylation is 1. The van der Waals surface area contributed by atoms with Crippen LogP contribution in [0.4, 0.5) is 5.69 Å². The Morgan fingerprint density at radius 1 is 1.24 bits per heavy atom. The summed E-state index contributed by atoms with van der Waals surface area (Å²) in [7, 11) is 0.